The highest BCUT2D eigenvalue weighted by Gasteiger charge is 2.25. The third-order valence-electron chi connectivity index (χ3n) is 4.94. The fourth-order valence-electron chi connectivity index (χ4n) is 3.49. The van der Waals surface area contributed by atoms with Crippen LogP contribution in [0.15, 0.2) is 29.6 Å². The van der Waals surface area contributed by atoms with Crippen molar-refractivity contribution >= 4 is 23.7 Å². The van der Waals surface area contributed by atoms with E-state index in [4.69, 9.17) is 9.47 Å². The Labute approximate surface area is 161 Å². The molecule has 1 aromatic heterocycles. The second kappa shape index (κ2) is 9.46. The summed E-state index contributed by atoms with van der Waals surface area (Å²) in [5, 5.41) is 2.16. The molecule has 0 N–H and O–H groups in total. The largest absolute Gasteiger partial charge is 0.496 e. The topological polar surface area (TPSA) is 21.7 Å². The van der Waals surface area contributed by atoms with Crippen molar-refractivity contribution in [2.75, 3.05) is 33.4 Å². The number of ether oxygens (including phenoxy) is 2. The molecule has 1 aliphatic heterocycles. The molecule has 5 heteroatoms. The fraction of sp³-hybridized carbons (Fsp3) is 0.500. The van der Waals surface area contributed by atoms with Gasteiger partial charge < -0.3 is 14.4 Å². The van der Waals surface area contributed by atoms with Crippen molar-refractivity contribution in [2.24, 2.45) is 0 Å². The fourth-order valence-corrected chi connectivity index (χ4v) is 4.19. The molecule has 0 spiro atoms. The Kier molecular flexibility index (Phi) is 7.60. The number of methoxy groups -OCH3 is 1. The van der Waals surface area contributed by atoms with E-state index in [1.54, 1.807) is 7.11 Å². The normalized spacial score (nSPS) is 16.1. The average Bonchev–Trinajstić information content (AvgIpc) is 3.13. The van der Waals surface area contributed by atoms with Crippen LogP contribution in [0.1, 0.15) is 35.3 Å². The van der Waals surface area contributed by atoms with Gasteiger partial charge in [0.05, 0.1) is 13.7 Å². The maximum absolute atomic E-state index is 5.96. The van der Waals surface area contributed by atoms with E-state index in [9.17, 15) is 0 Å². The number of thiophene rings is 1. The minimum atomic E-state index is 0. The summed E-state index contributed by atoms with van der Waals surface area (Å²) in [5.74, 6) is 2.50. The number of rotatable bonds is 7. The molecule has 1 unspecified atom stereocenters. The minimum Gasteiger partial charge on any atom is -0.496 e. The summed E-state index contributed by atoms with van der Waals surface area (Å²) in [4.78, 5) is 4.04. The van der Waals surface area contributed by atoms with Gasteiger partial charge in [0.1, 0.15) is 11.5 Å². The summed E-state index contributed by atoms with van der Waals surface area (Å²) in [6.07, 6.45) is 2.23. The van der Waals surface area contributed by atoms with Crippen LogP contribution in [-0.2, 0) is 6.42 Å². The monoisotopic (exact) mass is 381 g/mol. The lowest BCUT2D eigenvalue weighted by Gasteiger charge is -2.32. The zero-order valence-corrected chi connectivity index (χ0v) is 16.9. The summed E-state index contributed by atoms with van der Waals surface area (Å²) >= 11 is 1.86. The summed E-state index contributed by atoms with van der Waals surface area (Å²) in [5.41, 5.74) is 2.47. The number of hydrogen-bond donors (Lipinski definition) is 0. The Morgan fingerprint density at radius 2 is 2.16 bits per heavy atom. The molecule has 138 valence electrons. The van der Waals surface area contributed by atoms with Gasteiger partial charge in [-0.3, -0.25) is 0 Å². The van der Waals surface area contributed by atoms with Crippen LogP contribution >= 0.6 is 23.7 Å². The number of nitrogens with zero attached hydrogens (tertiary/aromatic N) is 1. The highest BCUT2D eigenvalue weighted by molar-refractivity contribution is 7.09. The molecule has 3 nitrogen and oxygen atoms in total. The van der Waals surface area contributed by atoms with Gasteiger partial charge in [-0.2, -0.15) is 0 Å². The van der Waals surface area contributed by atoms with E-state index in [-0.39, 0.29) is 12.4 Å². The van der Waals surface area contributed by atoms with Gasteiger partial charge in [0.15, 0.2) is 0 Å². The van der Waals surface area contributed by atoms with Gasteiger partial charge in [0, 0.05) is 29.4 Å². The molecule has 0 amide bonds. The molecule has 0 radical (unpaired) electrons. The number of benzene rings is 1. The van der Waals surface area contributed by atoms with Gasteiger partial charge in [0.25, 0.3) is 0 Å². The van der Waals surface area contributed by atoms with Crippen LogP contribution < -0.4 is 9.47 Å². The molecule has 3 rings (SSSR count). The van der Waals surface area contributed by atoms with Crippen molar-refractivity contribution in [1.29, 1.82) is 0 Å². The summed E-state index contributed by atoms with van der Waals surface area (Å²) in [6, 6.07) is 8.65. The van der Waals surface area contributed by atoms with Gasteiger partial charge in [-0.25, -0.2) is 0 Å². The SMILES string of the molecule is CCN(CCc1cccs1)CC1CCOc2c1ccc(OC)c2C.Cl. The van der Waals surface area contributed by atoms with Crippen LogP contribution in [0.25, 0.3) is 0 Å². The minimum absolute atomic E-state index is 0. The van der Waals surface area contributed by atoms with Gasteiger partial charge in [-0.1, -0.05) is 19.1 Å². The van der Waals surface area contributed by atoms with Crippen LogP contribution in [0.2, 0.25) is 0 Å². The molecule has 25 heavy (non-hydrogen) atoms. The first-order valence-corrected chi connectivity index (χ1v) is 9.66. The molecule has 2 heterocycles. The summed E-state index contributed by atoms with van der Waals surface area (Å²) < 4.78 is 11.4. The van der Waals surface area contributed by atoms with Crippen molar-refractivity contribution < 1.29 is 9.47 Å². The van der Waals surface area contributed by atoms with Crippen LogP contribution in [0, 0.1) is 6.92 Å². The maximum atomic E-state index is 5.96. The molecular weight excluding hydrogens is 354 g/mol. The van der Waals surface area contributed by atoms with E-state index in [0.717, 1.165) is 56.1 Å². The highest BCUT2D eigenvalue weighted by atomic mass is 35.5. The lowest BCUT2D eigenvalue weighted by Crippen LogP contribution is -2.32. The van der Waals surface area contributed by atoms with Gasteiger partial charge in [-0.05, 0) is 49.4 Å². The first kappa shape index (κ1) is 20.1. The predicted molar refractivity (Wildman–Crippen MR) is 108 cm³/mol. The Hall–Kier alpha value is -1.23. The average molecular weight is 382 g/mol. The van der Waals surface area contributed by atoms with E-state index in [1.807, 2.05) is 11.3 Å². The molecule has 1 aromatic carbocycles. The third kappa shape index (κ3) is 4.69. The first-order valence-electron chi connectivity index (χ1n) is 8.78. The van der Waals surface area contributed by atoms with E-state index in [1.165, 1.54) is 10.4 Å². The molecule has 0 aliphatic carbocycles. The van der Waals surface area contributed by atoms with E-state index in [0.29, 0.717) is 5.92 Å². The standard InChI is InChI=1S/C20H27NO2S.ClH/c1-4-21(11-9-17-6-5-13-24-17)14-16-10-12-23-20-15(2)19(22-3)8-7-18(16)20;/h5-8,13,16H,4,9-12,14H2,1-3H3;1H. The van der Waals surface area contributed by atoms with Crippen LogP contribution in [0.5, 0.6) is 11.5 Å². The van der Waals surface area contributed by atoms with Crippen molar-refractivity contribution in [3.8, 4) is 11.5 Å². The lowest BCUT2D eigenvalue weighted by atomic mass is 9.90. The van der Waals surface area contributed by atoms with E-state index >= 15 is 0 Å². The summed E-state index contributed by atoms with van der Waals surface area (Å²) in [7, 11) is 1.72. The molecule has 1 atom stereocenters. The van der Waals surface area contributed by atoms with Crippen molar-refractivity contribution in [3.63, 3.8) is 0 Å². The summed E-state index contributed by atoms with van der Waals surface area (Å²) in [6.45, 7) is 8.46. The number of fused-ring (bicyclic) bond motifs is 1. The number of likely N-dealkylation sites (N-methyl/N-ethyl adjacent to an activating group) is 1. The van der Waals surface area contributed by atoms with E-state index in [2.05, 4.69) is 48.4 Å². The Bertz CT molecular complexity index is 660. The molecule has 0 saturated heterocycles. The lowest BCUT2D eigenvalue weighted by molar-refractivity contribution is 0.216. The van der Waals surface area contributed by atoms with Gasteiger partial charge in [-0.15, -0.1) is 23.7 Å². The van der Waals surface area contributed by atoms with Crippen molar-refractivity contribution in [2.45, 2.75) is 32.6 Å². The number of hydrogen-bond acceptors (Lipinski definition) is 4. The zero-order valence-electron chi connectivity index (χ0n) is 15.3. The molecule has 0 saturated carbocycles. The van der Waals surface area contributed by atoms with E-state index < -0.39 is 0 Å². The highest BCUT2D eigenvalue weighted by Crippen LogP contribution is 2.40. The zero-order chi connectivity index (χ0) is 16.9. The van der Waals surface area contributed by atoms with Crippen LogP contribution in [0.4, 0.5) is 0 Å². The Morgan fingerprint density at radius 1 is 1.32 bits per heavy atom. The smallest absolute Gasteiger partial charge is 0.129 e. The van der Waals surface area contributed by atoms with Crippen molar-refractivity contribution in [3.05, 3.63) is 45.6 Å². The maximum Gasteiger partial charge on any atom is 0.129 e. The Morgan fingerprint density at radius 3 is 2.84 bits per heavy atom. The molecule has 1 aliphatic rings. The molecule has 2 aromatic rings. The van der Waals surface area contributed by atoms with Gasteiger partial charge >= 0.3 is 0 Å². The number of halogens is 1. The Balaban J connectivity index is 0.00000225. The molecule has 0 bridgehead atoms. The third-order valence-corrected chi connectivity index (χ3v) is 5.88. The van der Waals surface area contributed by atoms with Gasteiger partial charge in [0.2, 0.25) is 0 Å². The molecule has 0 fully saturated rings. The molecular formula is C20H28ClNO2S. The second-order valence-corrected chi connectivity index (χ2v) is 7.40. The van der Waals surface area contributed by atoms with Crippen LogP contribution in [-0.4, -0.2) is 38.3 Å². The quantitative estimate of drug-likeness (QED) is 0.679. The predicted octanol–water partition coefficient (Wildman–Crippen LogP) is 4.92. The second-order valence-electron chi connectivity index (χ2n) is 6.37. The van der Waals surface area contributed by atoms with Crippen LogP contribution in [0.3, 0.4) is 0 Å². The van der Waals surface area contributed by atoms with Crippen molar-refractivity contribution in [1.82, 2.24) is 4.90 Å². The first-order chi connectivity index (χ1) is 11.7.